The van der Waals surface area contributed by atoms with E-state index in [1.54, 1.807) is 41.5 Å². The average molecular weight is 617 g/mol. The molecule has 0 amide bonds. The molecular formula is C31H55MnN5O4. The number of hydrogen-bond donors (Lipinski definition) is 6. The first-order valence-electron chi connectivity index (χ1n) is 15.1. The fraction of sp³-hybridized carbons (Fsp3) is 0.774. The molecule has 1 aliphatic heterocycles. The minimum atomic E-state index is -0.757. The summed E-state index contributed by atoms with van der Waals surface area (Å²) in [4.78, 5) is 24.9. The third-order valence-corrected chi connectivity index (χ3v) is 7.71. The Balaban J connectivity index is 0.000000469. The molecule has 0 saturated heterocycles. The van der Waals surface area contributed by atoms with Crippen molar-refractivity contribution >= 4 is 11.9 Å². The molecule has 10 heteroatoms. The Hall–Kier alpha value is -1.55. The van der Waals surface area contributed by atoms with Crippen molar-refractivity contribution in [2.24, 2.45) is 10.8 Å². The van der Waals surface area contributed by atoms with Gasteiger partial charge in [-0.15, -0.1) is 0 Å². The Kier molecular flexibility index (Phi) is 16.6. The number of rotatable bonds is 0. The van der Waals surface area contributed by atoms with E-state index in [0.717, 1.165) is 26.2 Å². The molecule has 2 bridgehead atoms. The van der Waals surface area contributed by atoms with Crippen LogP contribution in [0.1, 0.15) is 104 Å². The van der Waals surface area contributed by atoms with E-state index in [2.05, 4.69) is 39.5 Å². The van der Waals surface area contributed by atoms with Crippen LogP contribution >= 0.6 is 0 Å². The number of fused-ring (bicyclic) bond motifs is 4. The number of hydrogen-bond acceptors (Lipinski definition) is 7. The number of aromatic nitrogens is 1. The molecule has 1 aromatic heterocycles. The molecule has 1 aromatic rings. The smallest absolute Gasteiger partial charge is 0.308 e. The zero-order chi connectivity index (χ0) is 29.8. The van der Waals surface area contributed by atoms with Gasteiger partial charge < -0.3 is 31.5 Å². The summed E-state index contributed by atoms with van der Waals surface area (Å²) < 4.78 is 0. The molecule has 9 nitrogen and oxygen atoms in total. The van der Waals surface area contributed by atoms with Crippen LogP contribution in [0.2, 0.25) is 0 Å². The van der Waals surface area contributed by atoms with Crippen molar-refractivity contribution in [1.29, 1.82) is 0 Å². The minimum Gasteiger partial charge on any atom is -0.481 e. The first kappa shape index (κ1) is 37.5. The number of pyridine rings is 1. The molecule has 2 fully saturated rings. The van der Waals surface area contributed by atoms with Crippen LogP contribution in [-0.4, -0.2) is 64.4 Å². The molecule has 2 aliphatic carbocycles. The summed E-state index contributed by atoms with van der Waals surface area (Å²) in [5, 5.41) is 31.7. The number of carboxylic acids is 2. The van der Waals surface area contributed by atoms with Crippen molar-refractivity contribution in [3.8, 4) is 0 Å². The molecule has 0 unspecified atom stereocenters. The average Bonchev–Trinajstić information content (AvgIpc) is 2.89. The van der Waals surface area contributed by atoms with Gasteiger partial charge in [-0.25, -0.2) is 0 Å². The monoisotopic (exact) mass is 616 g/mol. The predicted octanol–water partition coefficient (Wildman–Crippen LogP) is 4.31. The SMILES string of the molecule is CC(C)(C)C(=O)O.CC(C)(C)C(=O)O.[Mn].c1cc2nc(c1)CN[C@H]1CCCC[C@@H]1NCCN[C@H]1CCCC[C@@H]1NC2. The van der Waals surface area contributed by atoms with Crippen molar-refractivity contribution in [3.63, 3.8) is 0 Å². The number of nitrogens with one attached hydrogen (secondary N) is 4. The van der Waals surface area contributed by atoms with Gasteiger partial charge in [0.05, 0.1) is 22.2 Å². The molecule has 1 radical (unpaired) electrons. The minimum absolute atomic E-state index is 0. The maximum Gasteiger partial charge on any atom is 0.308 e. The Morgan fingerprint density at radius 2 is 0.951 bits per heavy atom. The fourth-order valence-electron chi connectivity index (χ4n) is 4.95. The summed E-state index contributed by atoms with van der Waals surface area (Å²) in [6.07, 6.45) is 10.5. The second-order valence-electron chi connectivity index (χ2n) is 13.4. The van der Waals surface area contributed by atoms with Gasteiger partial charge in [0.25, 0.3) is 0 Å². The van der Waals surface area contributed by atoms with E-state index in [1.165, 1.54) is 62.8 Å². The number of nitrogens with zero attached hydrogens (tertiary/aromatic N) is 1. The molecule has 3 aliphatic rings. The zero-order valence-corrected chi connectivity index (χ0v) is 27.2. The summed E-state index contributed by atoms with van der Waals surface area (Å²) >= 11 is 0. The topological polar surface area (TPSA) is 136 Å². The van der Waals surface area contributed by atoms with E-state index < -0.39 is 22.8 Å². The quantitative estimate of drug-likeness (QED) is 0.236. The van der Waals surface area contributed by atoms with Crippen LogP contribution in [0.5, 0.6) is 0 Å². The largest absolute Gasteiger partial charge is 0.481 e. The second-order valence-corrected chi connectivity index (χ2v) is 13.4. The van der Waals surface area contributed by atoms with Crippen molar-refractivity contribution in [3.05, 3.63) is 29.6 Å². The molecule has 0 aromatic carbocycles. The van der Waals surface area contributed by atoms with E-state index >= 15 is 0 Å². The molecule has 235 valence electrons. The van der Waals surface area contributed by atoms with Gasteiger partial charge in [0.15, 0.2) is 0 Å². The van der Waals surface area contributed by atoms with Gasteiger partial charge >= 0.3 is 11.9 Å². The van der Waals surface area contributed by atoms with Gasteiger partial charge in [-0.1, -0.05) is 31.7 Å². The Bertz CT molecular complexity index is 849. The van der Waals surface area contributed by atoms with Gasteiger partial charge in [0, 0.05) is 67.4 Å². The van der Waals surface area contributed by atoms with Gasteiger partial charge in [0.1, 0.15) is 0 Å². The number of carboxylic acid groups (broad SMARTS) is 2. The third kappa shape index (κ3) is 14.5. The van der Waals surface area contributed by atoms with Gasteiger partial charge in [0.2, 0.25) is 0 Å². The molecule has 4 rings (SSSR count). The molecule has 6 N–H and O–H groups in total. The van der Waals surface area contributed by atoms with Crippen molar-refractivity contribution in [2.45, 2.75) is 130 Å². The van der Waals surface area contributed by atoms with E-state index in [0.29, 0.717) is 24.2 Å². The van der Waals surface area contributed by atoms with E-state index in [1.807, 2.05) is 0 Å². The van der Waals surface area contributed by atoms with Crippen molar-refractivity contribution in [2.75, 3.05) is 13.1 Å². The molecule has 4 atom stereocenters. The van der Waals surface area contributed by atoms with Crippen LogP contribution in [0.4, 0.5) is 0 Å². The van der Waals surface area contributed by atoms with Crippen molar-refractivity contribution < 1.29 is 36.9 Å². The van der Waals surface area contributed by atoms with E-state index in [4.69, 9.17) is 15.2 Å². The van der Waals surface area contributed by atoms with Crippen LogP contribution in [0.15, 0.2) is 18.2 Å². The van der Waals surface area contributed by atoms with Crippen molar-refractivity contribution in [1.82, 2.24) is 26.3 Å². The van der Waals surface area contributed by atoms with Gasteiger partial charge in [-0.2, -0.15) is 0 Å². The fourth-order valence-corrected chi connectivity index (χ4v) is 4.95. The first-order valence-corrected chi connectivity index (χ1v) is 15.1. The Morgan fingerprint density at radius 1 is 0.659 bits per heavy atom. The Labute approximate surface area is 258 Å². The summed E-state index contributed by atoms with van der Waals surface area (Å²) in [6, 6.07) is 8.81. The van der Waals surface area contributed by atoms with E-state index in [-0.39, 0.29) is 17.1 Å². The predicted molar refractivity (Wildman–Crippen MR) is 160 cm³/mol. The maximum atomic E-state index is 10.0. The molecule has 0 spiro atoms. The molecule has 41 heavy (non-hydrogen) atoms. The van der Waals surface area contributed by atoms with Crippen LogP contribution < -0.4 is 21.3 Å². The van der Waals surface area contributed by atoms with Crippen LogP contribution in [0, 0.1) is 10.8 Å². The first-order chi connectivity index (χ1) is 18.8. The molecule has 2 heterocycles. The standard InChI is InChI=1S/C21H35N5.2C5H10O2.Mn/c1-3-10-20-18(8-1)22-12-13-23-19-9-2-4-11-21(19)25-15-17-7-5-6-16(26-17)14-24-20;2*1-5(2,3)4(6)7;/h5-7,18-25H,1-4,8-15H2;2*1-3H3,(H,6,7);/t18-,19-,20-,21-;;;/m0.../s1. The number of carbonyl (C=O) groups is 2. The number of aliphatic carboxylic acids is 2. The zero-order valence-electron chi connectivity index (χ0n) is 26.1. The maximum absolute atomic E-state index is 10.0. The van der Waals surface area contributed by atoms with Gasteiger partial charge in [-0.05, 0) is 79.4 Å². The van der Waals surface area contributed by atoms with Crippen LogP contribution in [-0.2, 0) is 39.7 Å². The summed E-state index contributed by atoms with van der Waals surface area (Å²) in [7, 11) is 0. The van der Waals surface area contributed by atoms with Crippen LogP contribution in [0.25, 0.3) is 0 Å². The second kappa shape index (κ2) is 18.2. The normalized spacial score (nSPS) is 25.4. The molecule has 2 saturated carbocycles. The van der Waals surface area contributed by atoms with Crippen LogP contribution in [0.3, 0.4) is 0 Å². The Morgan fingerprint density at radius 3 is 1.24 bits per heavy atom. The summed E-state index contributed by atoms with van der Waals surface area (Å²) in [5.41, 5.74) is 1.17. The third-order valence-electron chi connectivity index (χ3n) is 7.71. The van der Waals surface area contributed by atoms with Gasteiger partial charge in [-0.3, -0.25) is 14.6 Å². The van der Waals surface area contributed by atoms with E-state index in [9.17, 15) is 9.59 Å². The summed E-state index contributed by atoms with van der Waals surface area (Å²) in [5.74, 6) is -1.51. The summed E-state index contributed by atoms with van der Waals surface area (Å²) in [6.45, 7) is 13.9. The molecular weight excluding hydrogens is 561 g/mol.